The van der Waals surface area contributed by atoms with Gasteiger partial charge < -0.3 is 9.80 Å². The highest BCUT2D eigenvalue weighted by atomic mass is 19.1. The van der Waals surface area contributed by atoms with Crippen LogP contribution in [-0.4, -0.2) is 39.4 Å². The predicted octanol–water partition coefficient (Wildman–Crippen LogP) is 2.75. The van der Waals surface area contributed by atoms with Crippen LogP contribution in [0.25, 0.3) is 0 Å². The number of benzene rings is 1. The van der Waals surface area contributed by atoms with Crippen molar-refractivity contribution in [3.63, 3.8) is 0 Å². The van der Waals surface area contributed by atoms with Gasteiger partial charge in [-0.2, -0.15) is 0 Å². The third-order valence-corrected chi connectivity index (χ3v) is 5.12. The maximum absolute atomic E-state index is 13.5. The van der Waals surface area contributed by atoms with Crippen molar-refractivity contribution in [2.24, 2.45) is 0 Å². The standard InChI is InChI=1S/C19H20F2N4O/c1-11-5-12(2)23-19(22-11)24-4-3-16-17(24)9-18(26)25(16)10-13-6-14(20)8-15(21)7-13/h5-8,16-17H,3-4,9-10H2,1-2H3/t16-,17-/m0/s1. The van der Waals surface area contributed by atoms with Gasteiger partial charge >= 0.3 is 0 Å². The van der Waals surface area contributed by atoms with Crippen molar-refractivity contribution >= 4 is 11.9 Å². The number of aromatic nitrogens is 2. The molecule has 4 rings (SSSR count). The molecule has 2 aliphatic heterocycles. The fourth-order valence-corrected chi connectivity index (χ4v) is 4.12. The minimum absolute atomic E-state index is 0.00116. The molecule has 0 aliphatic carbocycles. The molecule has 1 aromatic carbocycles. The Hall–Kier alpha value is -2.57. The number of rotatable bonds is 3. The molecule has 0 N–H and O–H groups in total. The van der Waals surface area contributed by atoms with E-state index in [1.54, 1.807) is 4.90 Å². The summed E-state index contributed by atoms with van der Waals surface area (Å²) in [5.41, 5.74) is 2.26. The molecule has 1 aromatic heterocycles. The fraction of sp³-hybridized carbons (Fsp3) is 0.421. The van der Waals surface area contributed by atoms with Crippen molar-refractivity contribution < 1.29 is 13.6 Å². The maximum atomic E-state index is 13.5. The van der Waals surface area contributed by atoms with E-state index < -0.39 is 11.6 Å². The van der Waals surface area contributed by atoms with Crippen molar-refractivity contribution in [2.75, 3.05) is 11.4 Å². The molecule has 136 valence electrons. The number of amides is 1. The van der Waals surface area contributed by atoms with E-state index in [4.69, 9.17) is 0 Å². The average molecular weight is 358 g/mol. The molecule has 0 bridgehead atoms. The molecule has 2 aliphatic rings. The molecule has 2 fully saturated rings. The van der Waals surface area contributed by atoms with Crippen LogP contribution in [-0.2, 0) is 11.3 Å². The number of hydrogen-bond acceptors (Lipinski definition) is 4. The molecule has 0 spiro atoms. The van der Waals surface area contributed by atoms with Gasteiger partial charge in [-0.3, -0.25) is 4.79 Å². The molecule has 0 unspecified atom stereocenters. The van der Waals surface area contributed by atoms with Gasteiger partial charge in [0.15, 0.2) is 0 Å². The first kappa shape index (κ1) is 16.9. The minimum Gasteiger partial charge on any atom is -0.335 e. The third kappa shape index (κ3) is 3.02. The van der Waals surface area contributed by atoms with Crippen LogP contribution in [0.5, 0.6) is 0 Å². The van der Waals surface area contributed by atoms with E-state index in [0.29, 0.717) is 17.9 Å². The van der Waals surface area contributed by atoms with E-state index in [0.717, 1.165) is 30.4 Å². The highest BCUT2D eigenvalue weighted by molar-refractivity contribution is 5.81. The highest BCUT2D eigenvalue weighted by Gasteiger charge is 2.47. The first-order chi connectivity index (χ1) is 12.4. The van der Waals surface area contributed by atoms with Gasteiger partial charge in [0.05, 0.1) is 12.1 Å². The molecule has 0 saturated carbocycles. The lowest BCUT2D eigenvalue weighted by molar-refractivity contribution is -0.129. The van der Waals surface area contributed by atoms with Crippen LogP contribution >= 0.6 is 0 Å². The molecule has 2 saturated heterocycles. The Labute approximate surface area is 150 Å². The predicted molar refractivity (Wildman–Crippen MR) is 92.6 cm³/mol. The van der Waals surface area contributed by atoms with Gasteiger partial charge in [-0.25, -0.2) is 18.7 Å². The highest BCUT2D eigenvalue weighted by Crippen LogP contribution is 2.35. The van der Waals surface area contributed by atoms with Crippen LogP contribution in [0.2, 0.25) is 0 Å². The molecule has 5 nitrogen and oxygen atoms in total. The second kappa shape index (κ2) is 6.30. The van der Waals surface area contributed by atoms with Gasteiger partial charge in [-0.1, -0.05) is 0 Å². The Balaban J connectivity index is 1.57. The van der Waals surface area contributed by atoms with Gasteiger partial charge in [0.25, 0.3) is 0 Å². The minimum atomic E-state index is -0.625. The van der Waals surface area contributed by atoms with Crippen LogP contribution in [0, 0.1) is 25.5 Å². The SMILES string of the molecule is Cc1cc(C)nc(N2CC[C@H]3[C@@H]2CC(=O)N3Cc2cc(F)cc(F)c2)n1. The Morgan fingerprint density at radius 3 is 2.35 bits per heavy atom. The van der Waals surface area contributed by atoms with E-state index in [-0.39, 0.29) is 24.5 Å². The number of anilines is 1. The molecule has 0 radical (unpaired) electrons. The number of carbonyl (C=O) groups is 1. The summed E-state index contributed by atoms with van der Waals surface area (Å²) >= 11 is 0. The van der Waals surface area contributed by atoms with Crippen molar-refractivity contribution in [3.05, 3.63) is 52.9 Å². The van der Waals surface area contributed by atoms with E-state index in [1.807, 2.05) is 19.9 Å². The lowest BCUT2D eigenvalue weighted by atomic mass is 10.1. The molecule has 1 amide bonds. The van der Waals surface area contributed by atoms with Crippen LogP contribution < -0.4 is 4.90 Å². The molecular weight excluding hydrogens is 338 g/mol. The summed E-state index contributed by atoms with van der Waals surface area (Å²) < 4.78 is 26.9. The molecule has 26 heavy (non-hydrogen) atoms. The first-order valence-electron chi connectivity index (χ1n) is 8.74. The number of nitrogens with zero attached hydrogens (tertiary/aromatic N) is 4. The quantitative estimate of drug-likeness (QED) is 0.847. The average Bonchev–Trinajstić information content (AvgIpc) is 3.05. The van der Waals surface area contributed by atoms with Crippen LogP contribution in [0.1, 0.15) is 29.8 Å². The number of halogens is 2. The van der Waals surface area contributed by atoms with Gasteiger partial charge in [-0.15, -0.1) is 0 Å². The largest absolute Gasteiger partial charge is 0.335 e. The summed E-state index contributed by atoms with van der Waals surface area (Å²) in [7, 11) is 0. The Morgan fingerprint density at radius 1 is 1.04 bits per heavy atom. The van der Waals surface area contributed by atoms with E-state index in [1.165, 1.54) is 12.1 Å². The van der Waals surface area contributed by atoms with Crippen molar-refractivity contribution in [1.29, 1.82) is 0 Å². The zero-order valence-electron chi connectivity index (χ0n) is 14.7. The van der Waals surface area contributed by atoms with Gasteiger partial charge in [-0.05, 0) is 44.0 Å². The lowest BCUT2D eigenvalue weighted by Gasteiger charge is -2.25. The summed E-state index contributed by atoms with van der Waals surface area (Å²) in [5.74, 6) is -0.597. The van der Waals surface area contributed by atoms with Crippen molar-refractivity contribution in [3.8, 4) is 0 Å². The number of hydrogen-bond donors (Lipinski definition) is 0. The Morgan fingerprint density at radius 2 is 1.69 bits per heavy atom. The fourth-order valence-electron chi connectivity index (χ4n) is 4.12. The summed E-state index contributed by atoms with van der Waals surface area (Å²) in [6.07, 6.45) is 1.17. The Kier molecular flexibility index (Phi) is 4.09. The zero-order chi connectivity index (χ0) is 18.4. The maximum Gasteiger partial charge on any atom is 0.226 e. The van der Waals surface area contributed by atoms with Crippen LogP contribution in [0.4, 0.5) is 14.7 Å². The Bertz CT molecular complexity index is 832. The summed E-state index contributed by atoms with van der Waals surface area (Å²) in [6.45, 7) is 4.84. The molecule has 7 heteroatoms. The number of likely N-dealkylation sites (tertiary alicyclic amines) is 1. The second-order valence-electron chi connectivity index (χ2n) is 7.07. The number of fused-ring (bicyclic) bond motifs is 1. The number of carbonyl (C=O) groups excluding carboxylic acids is 1. The van der Waals surface area contributed by atoms with Gasteiger partial charge in [0, 0.05) is 37.0 Å². The van der Waals surface area contributed by atoms with Gasteiger partial charge in [0.2, 0.25) is 11.9 Å². The van der Waals surface area contributed by atoms with E-state index >= 15 is 0 Å². The van der Waals surface area contributed by atoms with Crippen LogP contribution in [0.3, 0.4) is 0 Å². The van der Waals surface area contributed by atoms with Gasteiger partial charge in [0.1, 0.15) is 11.6 Å². The lowest BCUT2D eigenvalue weighted by Crippen LogP contribution is -2.37. The third-order valence-electron chi connectivity index (χ3n) is 5.12. The molecule has 3 heterocycles. The summed E-state index contributed by atoms with van der Waals surface area (Å²) in [4.78, 5) is 25.4. The molecule has 2 atom stereocenters. The van der Waals surface area contributed by atoms with Crippen LogP contribution in [0.15, 0.2) is 24.3 Å². The normalized spacial score (nSPS) is 22.2. The second-order valence-corrected chi connectivity index (χ2v) is 7.07. The van der Waals surface area contributed by atoms with E-state index in [2.05, 4.69) is 14.9 Å². The van der Waals surface area contributed by atoms with Crippen molar-refractivity contribution in [2.45, 2.75) is 45.3 Å². The zero-order valence-corrected chi connectivity index (χ0v) is 14.7. The molecule has 2 aromatic rings. The summed E-state index contributed by atoms with van der Waals surface area (Å²) in [6, 6.07) is 5.33. The first-order valence-corrected chi connectivity index (χ1v) is 8.74. The summed E-state index contributed by atoms with van der Waals surface area (Å²) in [5, 5.41) is 0. The molecular formula is C19H20F2N4O. The van der Waals surface area contributed by atoms with E-state index in [9.17, 15) is 13.6 Å². The number of aryl methyl sites for hydroxylation is 2. The monoisotopic (exact) mass is 358 g/mol. The van der Waals surface area contributed by atoms with Crippen molar-refractivity contribution in [1.82, 2.24) is 14.9 Å². The topological polar surface area (TPSA) is 49.3 Å². The smallest absolute Gasteiger partial charge is 0.226 e.